The maximum Gasteiger partial charge on any atom is 0.196 e. The number of ether oxygens (including phenoxy) is 2. The number of hydrogen-bond acceptors (Lipinski definition) is 3. The van der Waals surface area contributed by atoms with Crippen molar-refractivity contribution in [3.05, 3.63) is 0 Å². The third-order valence-electron chi connectivity index (χ3n) is 3.22. The highest BCUT2D eigenvalue weighted by atomic mass is 28.4. The van der Waals surface area contributed by atoms with Crippen molar-refractivity contribution in [3.63, 3.8) is 0 Å². The summed E-state index contributed by atoms with van der Waals surface area (Å²) in [7, 11) is -0.0168. The fourth-order valence-corrected chi connectivity index (χ4v) is 8.68. The van der Waals surface area contributed by atoms with Gasteiger partial charge in [-0.25, -0.2) is 0 Å². The van der Waals surface area contributed by atoms with Crippen LogP contribution in [0.15, 0.2) is 0 Å². The average Bonchev–Trinajstić information content (AvgIpc) is 2.25. The van der Waals surface area contributed by atoms with E-state index in [0.717, 1.165) is 0 Å². The topological polar surface area (TPSA) is 27.7 Å². The molecular formula is C16H36O3Si. The first kappa shape index (κ1) is 20.1. The Labute approximate surface area is 127 Å². The van der Waals surface area contributed by atoms with Crippen molar-refractivity contribution < 1.29 is 13.9 Å². The number of rotatable bonds is 12. The van der Waals surface area contributed by atoms with Crippen LogP contribution in [0.4, 0.5) is 0 Å². The Balaban J connectivity index is 4.60. The third-order valence-corrected chi connectivity index (χ3v) is 8.63. The quantitative estimate of drug-likeness (QED) is 0.301. The van der Waals surface area contributed by atoms with Crippen LogP contribution in [0.5, 0.6) is 0 Å². The summed E-state index contributed by atoms with van der Waals surface area (Å²) in [5, 5.41) is 0. The highest BCUT2D eigenvalue weighted by molar-refractivity contribution is 6.74. The molecule has 20 heavy (non-hydrogen) atoms. The maximum atomic E-state index is 6.37. The minimum absolute atomic E-state index is 0.432. The Morgan fingerprint density at radius 2 is 1.20 bits per heavy atom. The predicted octanol–water partition coefficient (Wildman–Crippen LogP) is 4.54. The molecule has 0 aromatic rings. The zero-order chi connectivity index (χ0) is 15.6. The van der Waals surface area contributed by atoms with Crippen molar-refractivity contribution in [3.8, 4) is 0 Å². The summed E-state index contributed by atoms with van der Waals surface area (Å²) in [6.45, 7) is 15.5. The second-order valence-corrected chi connectivity index (χ2v) is 11.0. The van der Waals surface area contributed by atoms with Gasteiger partial charge in [-0.15, -0.1) is 0 Å². The molecule has 3 nitrogen and oxygen atoms in total. The maximum absolute atomic E-state index is 6.37. The first-order valence-corrected chi connectivity index (χ1v) is 10.5. The molecule has 0 aliphatic rings. The van der Waals surface area contributed by atoms with Crippen LogP contribution in [0.1, 0.15) is 41.5 Å². The predicted molar refractivity (Wildman–Crippen MR) is 88.5 cm³/mol. The van der Waals surface area contributed by atoms with E-state index in [9.17, 15) is 0 Å². The molecule has 0 unspecified atom stereocenters. The van der Waals surface area contributed by atoms with E-state index in [1.54, 1.807) is 7.11 Å². The van der Waals surface area contributed by atoms with Gasteiger partial charge < -0.3 is 13.9 Å². The Morgan fingerprint density at radius 1 is 0.750 bits per heavy atom. The average molecular weight is 305 g/mol. The summed E-state index contributed by atoms with van der Waals surface area (Å²) in [4.78, 5) is 0. The van der Waals surface area contributed by atoms with Crippen molar-refractivity contribution in [2.45, 2.75) is 59.7 Å². The minimum atomic E-state index is -1.71. The zero-order valence-electron chi connectivity index (χ0n) is 14.7. The van der Waals surface area contributed by atoms with Gasteiger partial charge in [0.25, 0.3) is 0 Å². The molecule has 0 amide bonds. The van der Waals surface area contributed by atoms with Crippen LogP contribution < -0.4 is 0 Å². The first-order chi connectivity index (χ1) is 9.31. The highest BCUT2D eigenvalue weighted by Gasteiger charge is 2.37. The molecule has 0 saturated heterocycles. The van der Waals surface area contributed by atoms with Crippen molar-refractivity contribution in [1.82, 2.24) is 0 Å². The molecule has 0 aromatic carbocycles. The Morgan fingerprint density at radius 3 is 1.55 bits per heavy atom. The molecule has 0 N–H and O–H groups in total. The summed E-state index contributed by atoms with van der Waals surface area (Å²) < 4.78 is 16.9. The summed E-state index contributed by atoms with van der Waals surface area (Å²) in [6.07, 6.45) is 0. The minimum Gasteiger partial charge on any atom is -0.394 e. The van der Waals surface area contributed by atoms with Crippen LogP contribution in [-0.4, -0.2) is 35.4 Å². The molecule has 0 saturated carbocycles. The molecule has 0 radical (unpaired) electrons. The van der Waals surface area contributed by atoms with E-state index in [1.165, 1.54) is 18.1 Å². The van der Waals surface area contributed by atoms with Gasteiger partial charge in [0.15, 0.2) is 8.32 Å². The lowest BCUT2D eigenvalue weighted by molar-refractivity contribution is -0.0154. The highest BCUT2D eigenvalue weighted by Crippen LogP contribution is 2.33. The van der Waals surface area contributed by atoms with E-state index in [0.29, 0.717) is 37.8 Å². The molecular weight excluding hydrogens is 268 g/mol. The summed E-state index contributed by atoms with van der Waals surface area (Å²) in [5.74, 6) is 2.08. The third kappa shape index (κ3) is 9.92. The summed E-state index contributed by atoms with van der Waals surface area (Å²) in [5.41, 5.74) is 0. The Hall–Kier alpha value is 0.0969. The molecule has 0 spiro atoms. The fourth-order valence-electron chi connectivity index (χ4n) is 3.03. The van der Waals surface area contributed by atoms with Crippen molar-refractivity contribution in [2.75, 3.05) is 27.1 Å². The van der Waals surface area contributed by atoms with Gasteiger partial charge in [-0.3, -0.25) is 0 Å². The van der Waals surface area contributed by atoms with E-state index < -0.39 is 8.32 Å². The number of methoxy groups -OCH3 is 1. The molecule has 0 rings (SSSR count). The molecule has 0 aliphatic carbocycles. The van der Waals surface area contributed by atoms with Gasteiger partial charge in [-0.1, -0.05) is 41.5 Å². The second kappa shape index (κ2) is 10.8. The molecule has 0 bridgehead atoms. The Kier molecular flexibility index (Phi) is 10.8. The molecule has 0 fully saturated rings. The summed E-state index contributed by atoms with van der Waals surface area (Å²) in [6, 6.07) is 3.70. The molecule has 122 valence electrons. The molecule has 0 aromatic heterocycles. The van der Waals surface area contributed by atoms with Crippen molar-refractivity contribution >= 4 is 8.32 Å². The van der Waals surface area contributed by atoms with Crippen molar-refractivity contribution in [2.24, 2.45) is 17.8 Å². The zero-order valence-corrected chi connectivity index (χ0v) is 15.7. The smallest absolute Gasteiger partial charge is 0.196 e. The normalized spacial score (nSPS) is 12.9. The van der Waals surface area contributed by atoms with Crippen LogP contribution >= 0.6 is 0 Å². The first-order valence-electron chi connectivity index (χ1n) is 8.02. The van der Waals surface area contributed by atoms with Gasteiger partial charge in [0.1, 0.15) is 6.79 Å². The lowest BCUT2D eigenvalue weighted by Crippen LogP contribution is -2.42. The van der Waals surface area contributed by atoms with Crippen LogP contribution in [0, 0.1) is 17.8 Å². The monoisotopic (exact) mass is 304 g/mol. The van der Waals surface area contributed by atoms with Gasteiger partial charge in [0, 0.05) is 7.11 Å². The van der Waals surface area contributed by atoms with E-state index in [-0.39, 0.29) is 0 Å². The largest absolute Gasteiger partial charge is 0.394 e. The van der Waals surface area contributed by atoms with Gasteiger partial charge in [-0.05, 0) is 35.9 Å². The molecule has 0 atom stereocenters. The van der Waals surface area contributed by atoms with Crippen LogP contribution in [0.2, 0.25) is 18.1 Å². The Bertz CT molecular complexity index is 203. The van der Waals surface area contributed by atoms with E-state index in [1.807, 2.05) is 0 Å². The van der Waals surface area contributed by atoms with Crippen LogP contribution in [0.25, 0.3) is 0 Å². The van der Waals surface area contributed by atoms with E-state index in [2.05, 4.69) is 41.5 Å². The van der Waals surface area contributed by atoms with Gasteiger partial charge in [0.2, 0.25) is 0 Å². The molecule has 0 aliphatic heterocycles. The van der Waals surface area contributed by atoms with Gasteiger partial charge in [0.05, 0.1) is 13.2 Å². The van der Waals surface area contributed by atoms with Gasteiger partial charge >= 0.3 is 0 Å². The lowest BCUT2D eigenvalue weighted by Gasteiger charge is -2.35. The van der Waals surface area contributed by atoms with Gasteiger partial charge in [-0.2, -0.15) is 0 Å². The SMILES string of the molecule is COCCOCO[Si](CC(C)C)(CC(C)C)CC(C)C. The fraction of sp³-hybridized carbons (Fsp3) is 1.00. The van der Waals surface area contributed by atoms with Crippen LogP contribution in [0.3, 0.4) is 0 Å². The number of hydrogen-bond donors (Lipinski definition) is 0. The molecule has 0 heterocycles. The van der Waals surface area contributed by atoms with E-state index >= 15 is 0 Å². The summed E-state index contributed by atoms with van der Waals surface area (Å²) >= 11 is 0. The lowest BCUT2D eigenvalue weighted by atomic mass is 10.2. The van der Waals surface area contributed by atoms with Crippen molar-refractivity contribution in [1.29, 1.82) is 0 Å². The van der Waals surface area contributed by atoms with Crippen LogP contribution in [-0.2, 0) is 13.9 Å². The molecule has 4 heteroatoms. The van der Waals surface area contributed by atoms with E-state index in [4.69, 9.17) is 13.9 Å². The standard InChI is InChI=1S/C16H36O3Si/c1-14(2)10-20(11-15(3)4,12-16(5)6)19-13-18-9-8-17-7/h14-16H,8-13H2,1-7H3. The second-order valence-electron chi connectivity index (χ2n) is 7.14.